The minimum absolute atomic E-state index is 0.216. The Morgan fingerprint density at radius 3 is 2.61 bits per heavy atom. The molecule has 0 unspecified atom stereocenters. The van der Waals surface area contributed by atoms with Crippen LogP contribution in [0.3, 0.4) is 0 Å². The van der Waals surface area contributed by atoms with Crippen molar-refractivity contribution in [1.29, 1.82) is 0 Å². The fourth-order valence-corrected chi connectivity index (χ4v) is 2.30. The van der Waals surface area contributed by atoms with E-state index in [1.165, 1.54) is 0 Å². The Morgan fingerprint density at radius 2 is 1.89 bits per heavy atom. The molecule has 18 heavy (non-hydrogen) atoms. The summed E-state index contributed by atoms with van der Waals surface area (Å²) in [6.45, 7) is 0. The zero-order valence-electron chi connectivity index (χ0n) is 10.0. The molecular weight excluding hydrogens is 228 g/mol. The second kappa shape index (κ2) is 4.22. The van der Waals surface area contributed by atoms with E-state index in [0.29, 0.717) is 12.3 Å². The van der Waals surface area contributed by atoms with Gasteiger partial charge in [-0.25, -0.2) is 0 Å². The van der Waals surface area contributed by atoms with E-state index in [1.807, 2.05) is 24.3 Å². The van der Waals surface area contributed by atoms with Gasteiger partial charge in [-0.15, -0.1) is 10.2 Å². The number of ketones is 1. The molecule has 1 aromatic carbocycles. The van der Waals surface area contributed by atoms with Gasteiger partial charge in [-0.2, -0.15) is 0 Å². The number of aromatic nitrogens is 2. The predicted molar refractivity (Wildman–Crippen MR) is 66.7 cm³/mol. The molecule has 0 spiro atoms. The first-order chi connectivity index (χ1) is 8.79. The number of hydrogen-bond acceptors (Lipinski definition) is 4. The topological polar surface area (TPSA) is 52.1 Å². The van der Waals surface area contributed by atoms with E-state index in [-0.39, 0.29) is 5.78 Å². The van der Waals surface area contributed by atoms with Gasteiger partial charge in [-0.05, 0) is 18.1 Å². The Morgan fingerprint density at radius 1 is 1.06 bits per heavy atom. The van der Waals surface area contributed by atoms with E-state index in [1.54, 1.807) is 13.2 Å². The third kappa shape index (κ3) is 1.66. The van der Waals surface area contributed by atoms with Gasteiger partial charge in [0.1, 0.15) is 0 Å². The second-order valence-electron chi connectivity index (χ2n) is 4.22. The molecule has 0 bridgehead atoms. The highest BCUT2D eigenvalue weighted by Gasteiger charge is 2.22. The van der Waals surface area contributed by atoms with Gasteiger partial charge in [0.2, 0.25) is 5.88 Å². The van der Waals surface area contributed by atoms with Gasteiger partial charge in [-0.1, -0.05) is 18.2 Å². The molecule has 1 aromatic heterocycles. The molecule has 4 nitrogen and oxygen atoms in total. The average molecular weight is 240 g/mol. The summed E-state index contributed by atoms with van der Waals surface area (Å²) in [5, 5.41) is 8.10. The van der Waals surface area contributed by atoms with Gasteiger partial charge in [0.15, 0.2) is 5.78 Å². The molecular formula is C14H12N2O2. The summed E-state index contributed by atoms with van der Waals surface area (Å²) in [5.41, 5.74) is 3.68. The third-order valence-electron chi connectivity index (χ3n) is 3.20. The van der Waals surface area contributed by atoms with Crippen LogP contribution in [0.25, 0.3) is 11.3 Å². The molecule has 0 N–H and O–H groups in total. The van der Waals surface area contributed by atoms with E-state index in [9.17, 15) is 4.79 Å². The number of rotatable bonds is 2. The molecule has 0 fully saturated rings. The standard InChI is InChI=1S/C14H12N2O2/c1-18-14-8-6-12(15-16-14)10-3-2-4-11-9(10)5-7-13(11)17/h2-4,6,8H,5,7H2,1H3. The number of carbonyl (C=O) groups excluding carboxylic acids is 1. The zero-order chi connectivity index (χ0) is 12.5. The number of hydrogen-bond donors (Lipinski definition) is 0. The van der Waals surface area contributed by atoms with E-state index in [2.05, 4.69) is 10.2 Å². The molecule has 4 heteroatoms. The molecule has 2 aromatic rings. The maximum atomic E-state index is 11.7. The van der Waals surface area contributed by atoms with E-state index < -0.39 is 0 Å². The van der Waals surface area contributed by atoms with E-state index in [0.717, 1.165) is 28.8 Å². The minimum atomic E-state index is 0.216. The fourth-order valence-electron chi connectivity index (χ4n) is 2.30. The lowest BCUT2D eigenvalue weighted by Crippen LogP contribution is -1.96. The van der Waals surface area contributed by atoms with Crippen LogP contribution >= 0.6 is 0 Å². The summed E-state index contributed by atoms with van der Waals surface area (Å²) in [7, 11) is 1.56. The highest BCUT2D eigenvalue weighted by molar-refractivity contribution is 6.02. The summed E-state index contributed by atoms with van der Waals surface area (Å²) < 4.78 is 4.99. The third-order valence-corrected chi connectivity index (χ3v) is 3.20. The summed E-state index contributed by atoms with van der Waals surface area (Å²) in [6.07, 6.45) is 1.38. The van der Waals surface area contributed by atoms with Crippen molar-refractivity contribution < 1.29 is 9.53 Å². The van der Waals surface area contributed by atoms with E-state index >= 15 is 0 Å². The van der Waals surface area contributed by atoms with Gasteiger partial charge in [0.05, 0.1) is 12.8 Å². The molecule has 0 radical (unpaired) electrons. The van der Waals surface area contributed by atoms with Crippen molar-refractivity contribution in [2.75, 3.05) is 7.11 Å². The summed E-state index contributed by atoms with van der Waals surface area (Å²) in [4.78, 5) is 11.7. The van der Waals surface area contributed by atoms with Gasteiger partial charge >= 0.3 is 0 Å². The lowest BCUT2D eigenvalue weighted by Gasteiger charge is -2.06. The highest BCUT2D eigenvalue weighted by Crippen LogP contribution is 2.31. The number of methoxy groups -OCH3 is 1. The average Bonchev–Trinajstić information content (AvgIpc) is 2.81. The van der Waals surface area contributed by atoms with Crippen LogP contribution in [0.15, 0.2) is 30.3 Å². The van der Waals surface area contributed by atoms with Crippen molar-refractivity contribution in [2.45, 2.75) is 12.8 Å². The van der Waals surface area contributed by atoms with Crippen LogP contribution in [-0.2, 0) is 6.42 Å². The quantitative estimate of drug-likeness (QED) is 0.808. The van der Waals surface area contributed by atoms with Crippen LogP contribution in [0.1, 0.15) is 22.3 Å². The monoisotopic (exact) mass is 240 g/mol. The molecule has 1 aliphatic carbocycles. The largest absolute Gasteiger partial charge is 0.480 e. The number of ether oxygens (including phenoxy) is 1. The molecule has 90 valence electrons. The number of Topliss-reactive ketones (excluding diaryl/α,β-unsaturated/α-hetero) is 1. The summed E-state index contributed by atoms with van der Waals surface area (Å²) in [6, 6.07) is 9.39. The molecule has 0 amide bonds. The zero-order valence-corrected chi connectivity index (χ0v) is 10.0. The number of nitrogens with zero attached hydrogens (tertiary/aromatic N) is 2. The first-order valence-electron chi connectivity index (χ1n) is 5.83. The number of fused-ring (bicyclic) bond motifs is 1. The normalized spacial score (nSPS) is 13.5. The first kappa shape index (κ1) is 10.9. The predicted octanol–water partition coefficient (Wildman–Crippen LogP) is 2.28. The second-order valence-corrected chi connectivity index (χ2v) is 4.22. The summed E-state index contributed by atoms with van der Waals surface area (Å²) >= 11 is 0. The maximum Gasteiger partial charge on any atom is 0.233 e. The van der Waals surface area contributed by atoms with Crippen LogP contribution < -0.4 is 4.74 Å². The van der Waals surface area contributed by atoms with Crippen molar-refractivity contribution in [3.05, 3.63) is 41.5 Å². The maximum absolute atomic E-state index is 11.7. The summed E-state index contributed by atoms with van der Waals surface area (Å²) in [5.74, 6) is 0.704. The Labute approximate surface area is 105 Å². The molecule has 0 saturated heterocycles. The van der Waals surface area contributed by atoms with Crippen LogP contribution in [0.4, 0.5) is 0 Å². The lowest BCUT2D eigenvalue weighted by atomic mass is 10.0. The minimum Gasteiger partial charge on any atom is -0.480 e. The van der Waals surface area contributed by atoms with Crippen LogP contribution in [0.5, 0.6) is 5.88 Å². The van der Waals surface area contributed by atoms with Gasteiger partial charge < -0.3 is 4.74 Å². The van der Waals surface area contributed by atoms with Crippen molar-refractivity contribution in [1.82, 2.24) is 10.2 Å². The van der Waals surface area contributed by atoms with Crippen molar-refractivity contribution >= 4 is 5.78 Å². The highest BCUT2D eigenvalue weighted by atomic mass is 16.5. The van der Waals surface area contributed by atoms with Crippen LogP contribution in [-0.4, -0.2) is 23.1 Å². The van der Waals surface area contributed by atoms with Crippen LogP contribution in [0.2, 0.25) is 0 Å². The molecule has 1 heterocycles. The Bertz CT molecular complexity index is 606. The smallest absolute Gasteiger partial charge is 0.233 e. The van der Waals surface area contributed by atoms with Crippen molar-refractivity contribution in [3.63, 3.8) is 0 Å². The Balaban J connectivity index is 2.09. The van der Waals surface area contributed by atoms with Crippen molar-refractivity contribution in [3.8, 4) is 17.1 Å². The van der Waals surface area contributed by atoms with Gasteiger partial charge in [0, 0.05) is 23.6 Å². The molecule has 1 aliphatic rings. The lowest BCUT2D eigenvalue weighted by molar-refractivity contribution is 0.0994. The van der Waals surface area contributed by atoms with Crippen molar-refractivity contribution in [2.24, 2.45) is 0 Å². The fraction of sp³-hybridized carbons (Fsp3) is 0.214. The molecule has 0 aliphatic heterocycles. The Kier molecular flexibility index (Phi) is 2.55. The van der Waals surface area contributed by atoms with Crippen LogP contribution in [0, 0.1) is 0 Å². The van der Waals surface area contributed by atoms with Gasteiger partial charge in [0.25, 0.3) is 0 Å². The first-order valence-corrected chi connectivity index (χ1v) is 5.83. The molecule has 0 atom stereocenters. The molecule has 0 saturated carbocycles. The Hall–Kier alpha value is -2.23. The van der Waals surface area contributed by atoms with E-state index in [4.69, 9.17) is 4.74 Å². The van der Waals surface area contributed by atoms with Gasteiger partial charge in [-0.3, -0.25) is 4.79 Å². The number of benzene rings is 1. The number of carbonyl (C=O) groups is 1. The molecule has 3 rings (SSSR count). The SMILES string of the molecule is COc1ccc(-c2cccc3c2CCC3=O)nn1.